The van der Waals surface area contributed by atoms with E-state index in [2.05, 4.69) is 32.0 Å². The first-order chi connectivity index (χ1) is 8.59. The molecule has 1 atom stereocenters. The monoisotopic (exact) mass is 249 g/mol. The molecule has 0 N–H and O–H groups in total. The maximum atomic E-state index is 11.4. The smallest absolute Gasteiger partial charge is 0.224 e. The van der Waals surface area contributed by atoms with Crippen molar-refractivity contribution in [3.05, 3.63) is 29.3 Å². The Morgan fingerprint density at radius 1 is 1.22 bits per heavy atom. The predicted octanol–water partition coefficient (Wildman–Crippen LogP) is 4.34. The molecule has 2 nitrogen and oxygen atoms in total. The number of benzene rings is 1. The molecule has 0 spiro atoms. The van der Waals surface area contributed by atoms with Crippen LogP contribution in [0.2, 0.25) is 0 Å². The largest absolute Gasteiger partial charge is 0.309 e. The Hall–Kier alpha value is -1.31. The molecule has 0 aromatic heterocycles. The fourth-order valence-electron chi connectivity index (χ4n) is 2.24. The lowest BCUT2D eigenvalue weighted by atomic mass is 10.1. The van der Waals surface area contributed by atoms with Gasteiger partial charge in [-0.15, -0.1) is 0 Å². The Kier molecular flexibility index (Phi) is 7.33. The van der Waals surface area contributed by atoms with Gasteiger partial charge < -0.3 is 4.90 Å². The van der Waals surface area contributed by atoms with Gasteiger partial charge in [0.25, 0.3) is 0 Å². The van der Waals surface area contributed by atoms with E-state index in [-0.39, 0.29) is 5.91 Å². The fraction of sp³-hybridized carbons (Fsp3) is 0.562. The predicted molar refractivity (Wildman–Crippen MR) is 80.2 cm³/mol. The Bertz CT molecular complexity index is 385. The molecule has 102 valence electrons. The summed E-state index contributed by atoms with van der Waals surface area (Å²) in [5.74, 6) is 0.139. The average Bonchev–Trinajstić information content (AvgIpc) is 2.69. The van der Waals surface area contributed by atoms with Crippen LogP contribution in [0.3, 0.4) is 0 Å². The number of aryl methyl sites for hydroxylation is 1. The molecular formula is C16H27NO. The van der Waals surface area contributed by atoms with Crippen molar-refractivity contribution in [2.24, 2.45) is 0 Å². The average molecular weight is 249 g/mol. The molecule has 0 aliphatic carbocycles. The number of hydrogen-bond donors (Lipinski definition) is 0. The lowest BCUT2D eigenvalue weighted by Gasteiger charge is -2.20. The number of fused-ring (bicyclic) bond motifs is 1. The minimum absolute atomic E-state index is 0.139. The standard InChI is InChI=1S/C12H15NO.2C2H6/c1-8-4-5-12-11(6-8)7-9(2)13(12)10(3)14;2*1-2/h4-6,9H,7H2,1-3H3;2*1-2H3. The van der Waals surface area contributed by atoms with Crippen LogP contribution in [-0.2, 0) is 11.2 Å². The number of carbonyl (C=O) groups excluding carboxylic acids is 1. The van der Waals surface area contributed by atoms with Crippen LogP contribution in [0.4, 0.5) is 5.69 Å². The van der Waals surface area contributed by atoms with Gasteiger partial charge in [0.15, 0.2) is 0 Å². The van der Waals surface area contributed by atoms with Crippen LogP contribution in [0, 0.1) is 6.92 Å². The van der Waals surface area contributed by atoms with Crippen LogP contribution in [0.15, 0.2) is 18.2 Å². The molecule has 0 radical (unpaired) electrons. The fourth-order valence-corrected chi connectivity index (χ4v) is 2.24. The number of carbonyl (C=O) groups is 1. The second-order valence-corrected chi connectivity index (χ2v) is 4.07. The minimum atomic E-state index is 0.139. The van der Waals surface area contributed by atoms with Gasteiger partial charge in [-0.1, -0.05) is 45.4 Å². The molecule has 0 fully saturated rings. The van der Waals surface area contributed by atoms with Gasteiger partial charge >= 0.3 is 0 Å². The van der Waals surface area contributed by atoms with Crippen LogP contribution < -0.4 is 4.90 Å². The third kappa shape index (κ3) is 3.59. The van der Waals surface area contributed by atoms with Crippen molar-refractivity contribution in [3.8, 4) is 0 Å². The lowest BCUT2D eigenvalue weighted by Crippen LogP contribution is -2.33. The molecule has 1 aliphatic rings. The van der Waals surface area contributed by atoms with Gasteiger partial charge in [-0.25, -0.2) is 0 Å². The van der Waals surface area contributed by atoms with Gasteiger partial charge in [-0.05, 0) is 31.9 Å². The Balaban J connectivity index is 0.000000659. The number of anilines is 1. The first-order valence-electron chi connectivity index (χ1n) is 6.99. The van der Waals surface area contributed by atoms with Crippen molar-refractivity contribution >= 4 is 11.6 Å². The van der Waals surface area contributed by atoms with Gasteiger partial charge in [0.1, 0.15) is 0 Å². The van der Waals surface area contributed by atoms with Gasteiger partial charge in [0.2, 0.25) is 5.91 Å². The summed E-state index contributed by atoms with van der Waals surface area (Å²) in [6.07, 6.45) is 0.983. The van der Waals surface area contributed by atoms with E-state index in [9.17, 15) is 4.79 Å². The molecule has 1 aromatic carbocycles. The van der Waals surface area contributed by atoms with Crippen molar-refractivity contribution in [2.45, 2.75) is 60.9 Å². The third-order valence-corrected chi connectivity index (χ3v) is 2.79. The zero-order valence-corrected chi connectivity index (χ0v) is 12.9. The quantitative estimate of drug-likeness (QED) is 0.669. The van der Waals surface area contributed by atoms with Crippen molar-refractivity contribution in [3.63, 3.8) is 0 Å². The highest BCUT2D eigenvalue weighted by molar-refractivity contribution is 5.94. The molecule has 0 saturated carbocycles. The van der Waals surface area contributed by atoms with Crippen LogP contribution in [0.5, 0.6) is 0 Å². The SMILES string of the molecule is CC.CC.CC(=O)N1c2ccc(C)cc2CC1C. The highest BCUT2D eigenvalue weighted by Gasteiger charge is 2.28. The first kappa shape index (κ1) is 16.7. The molecule has 1 aromatic rings. The number of rotatable bonds is 0. The Morgan fingerprint density at radius 3 is 2.28 bits per heavy atom. The first-order valence-corrected chi connectivity index (χ1v) is 6.99. The molecule has 1 aliphatic heterocycles. The van der Waals surface area contributed by atoms with E-state index in [0.717, 1.165) is 12.1 Å². The topological polar surface area (TPSA) is 20.3 Å². The molecule has 1 heterocycles. The Labute approximate surface area is 112 Å². The molecule has 1 unspecified atom stereocenters. The van der Waals surface area contributed by atoms with Crippen molar-refractivity contribution in [1.29, 1.82) is 0 Å². The van der Waals surface area contributed by atoms with E-state index < -0.39 is 0 Å². The van der Waals surface area contributed by atoms with E-state index in [0.29, 0.717) is 6.04 Å². The number of hydrogen-bond acceptors (Lipinski definition) is 1. The highest BCUT2D eigenvalue weighted by Crippen LogP contribution is 2.32. The third-order valence-electron chi connectivity index (χ3n) is 2.79. The van der Waals surface area contributed by atoms with Crippen molar-refractivity contribution < 1.29 is 4.79 Å². The number of amides is 1. The molecule has 0 bridgehead atoms. The summed E-state index contributed by atoms with van der Waals surface area (Å²) in [5.41, 5.74) is 3.66. The summed E-state index contributed by atoms with van der Waals surface area (Å²) < 4.78 is 0. The molecule has 18 heavy (non-hydrogen) atoms. The summed E-state index contributed by atoms with van der Waals surface area (Å²) >= 11 is 0. The zero-order valence-electron chi connectivity index (χ0n) is 12.9. The molecule has 0 saturated heterocycles. The van der Waals surface area contributed by atoms with Crippen LogP contribution in [0.1, 0.15) is 52.7 Å². The highest BCUT2D eigenvalue weighted by atomic mass is 16.2. The van der Waals surface area contributed by atoms with Crippen LogP contribution in [-0.4, -0.2) is 11.9 Å². The van der Waals surface area contributed by atoms with Gasteiger partial charge in [-0.3, -0.25) is 4.79 Å². The van der Waals surface area contributed by atoms with E-state index in [1.165, 1.54) is 11.1 Å². The maximum Gasteiger partial charge on any atom is 0.224 e. The summed E-state index contributed by atoms with van der Waals surface area (Å²) in [5, 5.41) is 0. The second-order valence-electron chi connectivity index (χ2n) is 4.07. The minimum Gasteiger partial charge on any atom is -0.309 e. The summed E-state index contributed by atoms with van der Waals surface area (Å²) in [6, 6.07) is 6.60. The van der Waals surface area contributed by atoms with E-state index >= 15 is 0 Å². The van der Waals surface area contributed by atoms with Crippen LogP contribution in [0.25, 0.3) is 0 Å². The molecular weight excluding hydrogens is 222 g/mol. The lowest BCUT2D eigenvalue weighted by molar-refractivity contribution is -0.116. The number of nitrogens with zero attached hydrogens (tertiary/aromatic N) is 1. The van der Waals surface area contributed by atoms with Crippen LogP contribution >= 0.6 is 0 Å². The maximum absolute atomic E-state index is 11.4. The summed E-state index contributed by atoms with van der Waals surface area (Å²) in [7, 11) is 0. The normalized spacial score (nSPS) is 15.9. The Morgan fingerprint density at radius 2 is 1.78 bits per heavy atom. The van der Waals surface area contributed by atoms with E-state index in [1.54, 1.807) is 6.92 Å². The van der Waals surface area contributed by atoms with Gasteiger partial charge in [-0.2, -0.15) is 0 Å². The van der Waals surface area contributed by atoms with Gasteiger partial charge in [0, 0.05) is 18.7 Å². The van der Waals surface area contributed by atoms with Crippen molar-refractivity contribution in [2.75, 3.05) is 4.90 Å². The second kappa shape index (κ2) is 7.91. The van der Waals surface area contributed by atoms with E-state index in [1.807, 2.05) is 32.6 Å². The molecule has 2 rings (SSSR count). The van der Waals surface area contributed by atoms with Crippen molar-refractivity contribution in [1.82, 2.24) is 0 Å². The zero-order chi connectivity index (χ0) is 14.3. The molecule has 1 amide bonds. The summed E-state index contributed by atoms with van der Waals surface area (Å²) in [4.78, 5) is 13.3. The summed E-state index contributed by atoms with van der Waals surface area (Å²) in [6.45, 7) is 13.8. The van der Waals surface area contributed by atoms with E-state index in [4.69, 9.17) is 0 Å². The molecule has 2 heteroatoms. The van der Waals surface area contributed by atoms with Gasteiger partial charge in [0.05, 0.1) is 0 Å².